The molecular formula is C13H23N3S. The molecule has 1 aliphatic rings. The first-order chi connectivity index (χ1) is 8.14. The molecule has 1 atom stereocenters. The normalized spacial score (nSPS) is 20.9. The molecule has 1 saturated carbocycles. The minimum Gasteiger partial charge on any atom is -0.307 e. The average Bonchev–Trinajstić information content (AvgIpc) is 2.97. The fraction of sp³-hybridized carbons (Fsp3) is 0.769. The van der Waals surface area contributed by atoms with Gasteiger partial charge in [0.2, 0.25) is 0 Å². The summed E-state index contributed by atoms with van der Waals surface area (Å²) in [5.74, 6) is 0. The summed E-state index contributed by atoms with van der Waals surface area (Å²) < 4.78 is 0. The lowest BCUT2D eigenvalue weighted by Gasteiger charge is -2.37. The fourth-order valence-corrected chi connectivity index (χ4v) is 3.35. The van der Waals surface area contributed by atoms with Crippen molar-refractivity contribution in [3.05, 3.63) is 16.6 Å². The van der Waals surface area contributed by atoms with Gasteiger partial charge in [-0.3, -0.25) is 0 Å². The molecule has 0 saturated heterocycles. The summed E-state index contributed by atoms with van der Waals surface area (Å²) in [6, 6.07) is 0.360. The Balaban J connectivity index is 1.92. The minimum absolute atomic E-state index is 0.360. The topological polar surface area (TPSA) is 28.2 Å². The molecule has 1 heterocycles. The van der Waals surface area contributed by atoms with Crippen LogP contribution in [0.4, 0.5) is 0 Å². The van der Waals surface area contributed by atoms with Crippen LogP contribution in [-0.2, 0) is 0 Å². The predicted molar refractivity (Wildman–Crippen MR) is 73.4 cm³/mol. The van der Waals surface area contributed by atoms with E-state index in [-0.39, 0.29) is 0 Å². The Hall–Kier alpha value is -0.450. The van der Waals surface area contributed by atoms with Crippen LogP contribution in [-0.4, -0.2) is 36.1 Å². The van der Waals surface area contributed by atoms with Crippen molar-refractivity contribution >= 4 is 11.3 Å². The summed E-state index contributed by atoms with van der Waals surface area (Å²) in [4.78, 5) is 6.77. The Labute approximate surface area is 108 Å². The third-order valence-corrected chi connectivity index (χ3v) is 4.72. The first kappa shape index (κ1) is 13.0. The summed E-state index contributed by atoms with van der Waals surface area (Å²) >= 11 is 1.67. The van der Waals surface area contributed by atoms with E-state index in [1.807, 2.05) is 5.51 Å². The Morgan fingerprint density at radius 2 is 2.18 bits per heavy atom. The van der Waals surface area contributed by atoms with Crippen molar-refractivity contribution in [1.29, 1.82) is 0 Å². The second-order valence-corrected chi connectivity index (χ2v) is 6.06. The van der Waals surface area contributed by atoms with Gasteiger partial charge in [-0.05, 0) is 33.9 Å². The van der Waals surface area contributed by atoms with Crippen LogP contribution < -0.4 is 5.32 Å². The summed E-state index contributed by atoms with van der Waals surface area (Å²) in [6.45, 7) is 3.27. The summed E-state index contributed by atoms with van der Waals surface area (Å²) in [6.07, 6.45) is 5.36. The van der Waals surface area contributed by atoms with Crippen LogP contribution >= 0.6 is 11.3 Å². The molecule has 17 heavy (non-hydrogen) atoms. The third-order valence-electron chi connectivity index (χ3n) is 4.12. The molecule has 1 unspecified atom stereocenters. The first-order valence-electron chi connectivity index (χ1n) is 6.43. The molecule has 1 aromatic rings. The molecule has 0 amide bonds. The van der Waals surface area contributed by atoms with Crippen LogP contribution in [0, 0.1) is 0 Å². The molecule has 2 rings (SSSR count). The van der Waals surface area contributed by atoms with E-state index in [2.05, 4.69) is 41.6 Å². The van der Waals surface area contributed by atoms with Gasteiger partial charge in [0.05, 0.1) is 11.2 Å². The van der Waals surface area contributed by atoms with Gasteiger partial charge < -0.3 is 10.2 Å². The molecule has 1 aromatic heterocycles. The van der Waals surface area contributed by atoms with E-state index < -0.39 is 0 Å². The van der Waals surface area contributed by atoms with Crippen LogP contribution in [0.2, 0.25) is 0 Å². The minimum atomic E-state index is 0.360. The standard InChI is InChI=1S/C13H23N3S/c1-11(12-8-17-10-15-12)14-9-13(16(2)3)6-4-5-7-13/h8,10-11,14H,4-7,9H2,1-3H3. The quantitative estimate of drug-likeness (QED) is 0.874. The molecule has 0 spiro atoms. The van der Waals surface area contributed by atoms with Crippen molar-refractivity contribution < 1.29 is 0 Å². The second kappa shape index (κ2) is 5.46. The summed E-state index contributed by atoms with van der Waals surface area (Å²) in [5.41, 5.74) is 3.44. The number of likely N-dealkylation sites (N-methyl/N-ethyl adjacent to an activating group) is 1. The van der Waals surface area contributed by atoms with Crippen LogP contribution in [0.15, 0.2) is 10.9 Å². The Kier molecular flexibility index (Phi) is 4.17. The Bertz CT molecular complexity index is 328. The van der Waals surface area contributed by atoms with Gasteiger partial charge in [-0.15, -0.1) is 11.3 Å². The van der Waals surface area contributed by atoms with Crippen LogP contribution in [0.25, 0.3) is 0 Å². The average molecular weight is 253 g/mol. The van der Waals surface area contributed by atoms with E-state index in [9.17, 15) is 0 Å². The maximum atomic E-state index is 4.37. The maximum Gasteiger partial charge on any atom is 0.0795 e. The Morgan fingerprint density at radius 3 is 2.71 bits per heavy atom. The van der Waals surface area contributed by atoms with E-state index in [1.54, 1.807) is 11.3 Å². The van der Waals surface area contributed by atoms with Crippen molar-refractivity contribution in [2.24, 2.45) is 0 Å². The van der Waals surface area contributed by atoms with Crippen molar-refractivity contribution in [3.8, 4) is 0 Å². The maximum absolute atomic E-state index is 4.37. The van der Waals surface area contributed by atoms with Crippen molar-refractivity contribution in [2.75, 3.05) is 20.6 Å². The van der Waals surface area contributed by atoms with E-state index in [4.69, 9.17) is 0 Å². The lowest BCUT2D eigenvalue weighted by molar-refractivity contribution is 0.150. The molecular weight excluding hydrogens is 230 g/mol. The fourth-order valence-electron chi connectivity index (χ4n) is 2.70. The summed E-state index contributed by atoms with van der Waals surface area (Å²) in [7, 11) is 4.42. The van der Waals surface area contributed by atoms with Gasteiger partial charge in [0.25, 0.3) is 0 Å². The highest BCUT2D eigenvalue weighted by atomic mass is 32.1. The van der Waals surface area contributed by atoms with Gasteiger partial charge in [0.15, 0.2) is 0 Å². The molecule has 1 fully saturated rings. The van der Waals surface area contributed by atoms with E-state index in [0.29, 0.717) is 11.6 Å². The zero-order valence-corrected chi connectivity index (χ0v) is 11.9. The molecule has 0 bridgehead atoms. The zero-order valence-electron chi connectivity index (χ0n) is 11.1. The predicted octanol–water partition coefficient (Wildman–Crippen LogP) is 2.67. The molecule has 1 aliphatic carbocycles. The van der Waals surface area contributed by atoms with Crippen LogP contribution in [0.1, 0.15) is 44.3 Å². The highest BCUT2D eigenvalue weighted by molar-refractivity contribution is 7.07. The Morgan fingerprint density at radius 1 is 1.47 bits per heavy atom. The lowest BCUT2D eigenvalue weighted by atomic mass is 9.95. The first-order valence-corrected chi connectivity index (χ1v) is 7.37. The number of hydrogen-bond donors (Lipinski definition) is 1. The molecule has 0 aliphatic heterocycles. The summed E-state index contributed by atoms with van der Waals surface area (Å²) in [5, 5.41) is 5.79. The SMILES string of the molecule is CC(NCC1(N(C)C)CCCC1)c1cscn1. The van der Waals surface area contributed by atoms with Gasteiger partial charge in [-0.2, -0.15) is 0 Å². The van der Waals surface area contributed by atoms with Gasteiger partial charge in [0.1, 0.15) is 0 Å². The van der Waals surface area contributed by atoms with Gasteiger partial charge in [-0.25, -0.2) is 4.98 Å². The smallest absolute Gasteiger partial charge is 0.0795 e. The van der Waals surface area contributed by atoms with E-state index in [1.165, 1.54) is 31.4 Å². The van der Waals surface area contributed by atoms with Crippen molar-refractivity contribution in [3.63, 3.8) is 0 Å². The monoisotopic (exact) mass is 253 g/mol. The third kappa shape index (κ3) is 2.87. The zero-order chi connectivity index (χ0) is 12.3. The molecule has 0 aromatic carbocycles. The highest BCUT2D eigenvalue weighted by Crippen LogP contribution is 2.33. The number of nitrogens with zero attached hydrogens (tertiary/aromatic N) is 2. The molecule has 3 nitrogen and oxygen atoms in total. The van der Waals surface area contributed by atoms with Crippen molar-refractivity contribution in [1.82, 2.24) is 15.2 Å². The van der Waals surface area contributed by atoms with Gasteiger partial charge >= 0.3 is 0 Å². The number of nitrogens with one attached hydrogen (secondary N) is 1. The van der Waals surface area contributed by atoms with Crippen molar-refractivity contribution in [2.45, 2.75) is 44.2 Å². The molecule has 0 radical (unpaired) electrons. The van der Waals surface area contributed by atoms with Gasteiger partial charge in [0, 0.05) is 23.5 Å². The molecule has 96 valence electrons. The number of aromatic nitrogens is 1. The number of rotatable bonds is 5. The van der Waals surface area contributed by atoms with E-state index in [0.717, 1.165) is 6.54 Å². The number of hydrogen-bond acceptors (Lipinski definition) is 4. The van der Waals surface area contributed by atoms with Crippen LogP contribution in [0.3, 0.4) is 0 Å². The lowest BCUT2D eigenvalue weighted by Crippen LogP contribution is -2.50. The van der Waals surface area contributed by atoms with E-state index >= 15 is 0 Å². The van der Waals surface area contributed by atoms with Gasteiger partial charge in [-0.1, -0.05) is 12.8 Å². The highest BCUT2D eigenvalue weighted by Gasteiger charge is 2.35. The largest absolute Gasteiger partial charge is 0.307 e. The molecule has 4 heteroatoms. The molecule has 1 N–H and O–H groups in total. The van der Waals surface area contributed by atoms with Crippen LogP contribution in [0.5, 0.6) is 0 Å². The number of thiazole rings is 1. The second-order valence-electron chi connectivity index (χ2n) is 5.34.